The van der Waals surface area contributed by atoms with E-state index in [4.69, 9.17) is 17.3 Å². The molecule has 0 saturated heterocycles. The Morgan fingerprint density at radius 1 is 1.56 bits per heavy atom. The van der Waals surface area contributed by atoms with Crippen LogP contribution in [0.5, 0.6) is 0 Å². The maximum atomic E-state index is 12.3. The Balaban J connectivity index is 2.38. The molecule has 0 radical (unpaired) electrons. The number of allylic oxidation sites excluding steroid dienone is 1. The molecule has 2 rings (SSSR count). The molecule has 84 valence electrons. The van der Waals surface area contributed by atoms with Gasteiger partial charge in [0, 0.05) is 17.0 Å². The number of benzene rings is 1. The Morgan fingerprint density at radius 3 is 2.88 bits per heavy atom. The summed E-state index contributed by atoms with van der Waals surface area (Å²) in [7, 11) is 0. The predicted molar refractivity (Wildman–Crippen MR) is 69.9 cm³/mol. The first kappa shape index (κ1) is 11.6. The van der Waals surface area contributed by atoms with Gasteiger partial charge in [0.25, 0.3) is 0 Å². The fraction of sp³-hybridized carbons (Fsp3) is 0.250. The minimum absolute atomic E-state index is 0.0544. The van der Waals surface area contributed by atoms with Crippen molar-refractivity contribution in [2.45, 2.75) is 6.92 Å². The van der Waals surface area contributed by atoms with Crippen LogP contribution in [0, 0.1) is 5.41 Å². The largest absolute Gasteiger partial charge is 0.399 e. The van der Waals surface area contributed by atoms with Gasteiger partial charge in [0.1, 0.15) is 0 Å². The van der Waals surface area contributed by atoms with Gasteiger partial charge in [-0.3, -0.25) is 4.79 Å². The molecule has 4 heteroatoms. The Morgan fingerprint density at radius 2 is 2.31 bits per heavy atom. The number of hydrogen-bond acceptors (Lipinski definition) is 3. The molecule has 1 aliphatic heterocycles. The van der Waals surface area contributed by atoms with Crippen LogP contribution in [-0.2, 0) is 0 Å². The van der Waals surface area contributed by atoms with Crippen molar-refractivity contribution < 1.29 is 4.79 Å². The van der Waals surface area contributed by atoms with E-state index in [9.17, 15) is 4.79 Å². The fourth-order valence-electron chi connectivity index (χ4n) is 1.63. The molecule has 0 spiro atoms. The number of rotatable bonds is 2. The molecule has 1 aliphatic rings. The third kappa shape index (κ3) is 1.97. The van der Waals surface area contributed by atoms with Gasteiger partial charge >= 0.3 is 0 Å². The highest BCUT2D eigenvalue weighted by Crippen LogP contribution is 2.37. The van der Waals surface area contributed by atoms with Gasteiger partial charge in [0.15, 0.2) is 5.78 Å². The number of hydrogen-bond donors (Lipinski definition) is 1. The number of nitrogens with two attached hydrogens (primary N) is 1. The van der Waals surface area contributed by atoms with Crippen molar-refractivity contribution in [1.29, 1.82) is 0 Å². The van der Waals surface area contributed by atoms with E-state index in [-0.39, 0.29) is 5.78 Å². The Kier molecular flexibility index (Phi) is 3.00. The molecular formula is C12H12ClNOS. The third-order valence-electron chi connectivity index (χ3n) is 2.67. The molecule has 0 aliphatic carbocycles. The number of anilines is 1. The van der Waals surface area contributed by atoms with Crippen molar-refractivity contribution in [2.24, 2.45) is 5.41 Å². The number of Topliss-reactive ketones (excluding diaryl/α,β-unsaturated/α-hetero) is 1. The summed E-state index contributed by atoms with van der Waals surface area (Å²) >= 11 is 7.68. The highest BCUT2D eigenvalue weighted by Gasteiger charge is 2.34. The lowest BCUT2D eigenvalue weighted by molar-refractivity contribution is 0.0891. The van der Waals surface area contributed by atoms with Crippen LogP contribution in [0.4, 0.5) is 5.69 Å². The molecule has 1 atom stereocenters. The topological polar surface area (TPSA) is 43.1 Å². The van der Waals surface area contributed by atoms with Gasteiger partial charge in [0.2, 0.25) is 0 Å². The fourth-order valence-corrected chi connectivity index (χ4v) is 2.97. The van der Waals surface area contributed by atoms with Crippen molar-refractivity contribution in [3.8, 4) is 0 Å². The number of nitrogen functional groups attached to an aromatic ring is 1. The third-order valence-corrected chi connectivity index (χ3v) is 4.08. The maximum Gasteiger partial charge on any atom is 0.174 e. The predicted octanol–water partition coefficient (Wildman–Crippen LogP) is 3.37. The smallest absolute Gasteiger partial charge is 0.174 e. The van der Waals surface area contributed by atoms with Crippen molar-refractivity contribution in [1.82, 2.24) is 0 Å². The Bertz CT molecular complexity index is 472. The first-order valence-electron chi connectivity index (χ1n) is 4.92. The van der Waals surface area contributed by atoms with E-state index in [0.717, 1.165) is 5.75 Å². The molecule has 0 amide bonds. The Hall–Kier alpha value is -0.930. The van der Waals surface area contributed by atoms with Crippen molar-refractivity contribution in [3.05, 3.63) is 40.3 Å². The molecule has 0 fully saturated rings. The molecule has 2 N–H and O–H groups in total. The number of thioether (sulfide) groups is 1. The van der Waals surface area contributed by atoms with Gasteiger partial charge in [-0.15, -0.1) is 11.8 Å². The molecule has 0 aromatic heterocycles. The summed E-state index contributed by atoms with van der Waals surface area (Å²) < 4.78 is 0. The summed E-state index contributed by atoms with van der Waals surface area (Å²) in [6.45, 7) is 1.93. The van der Waals surface area contributed by atoms with E-state index in [1.54, 1.807) is 30.0 Å². The summed E-state index contributed by atoms with van der Waals surface area (Å²) in [5, 5.41) is 2.39. The lowest BCUT2D eigenvalue weighted by atomic mass is 9.84. The van der Waals surface area contributed by atoms with Gasteiger partial charge in [-0.1, -0.05) is 17.7 Å². The molecule has 1 aromatic rings. The van der Waals surface area contributed by atoms with Crippen LogP contribution in [0.1, 0.15) is 17.3 Å². The van der Waals surface area contributed by atoms with Crippen LogP contribution >= 0.6 is 23.4 Å². The van der Waals surface area contributed by atoms with Crippen LogP contribution in [-0.4, -0.2) is 11.5 Å². The lowest BCUT2D eigenvalue weighted by Gasteiger charge is -2.20. The van der Waals surface area contributed by atoms with E-state index in [0.29, 0.717) is 16.3 Å². The maximum absolute atomic E-state index is 12.3. The van der Waals surface area contributed by atoms with E-state index in [1.165, 1.54) is 0 Å². The van der Waals surface area contributed by atoms with E-state index in [2.05, 4.69) is 0 Å². The zero-order chi connectivity index (χ0) is 11.8. The van der Waals surface area contributed by atoms with Gasteiger partial charge < -0.3 is 5.73 Å². The summed E-state index contributed by atoms with van der Waals surface area (Å²) in [4.78, 5) is 12.3. The van der Waals surface area contributed by atoms with Gasteiger partial charge in [-0.2, -0.15) is 0 Å². The molecule has 2 nitrogen and oxygen atoms in total. The summed E-state index contributed by atoms with van der Waals surface area (Å²) in [5.74, 6) is 0.825. The average Bonchev–Trinajstić information content (AvgIpc) is 2.66. The van der Waals surface area contributed by atoms with Crippen molar-refractivity contribution in [2.75, 3.05) is 11.5 Å². The van der Waals surface area contributed by atoms with Gasteiger partial charge in [-0.25, -0.2) is 0 Å². The molecule has 0 saturated carbocycles. The number of carbonyl (C=O) groups is 1. The lowest BCUT2D eigenvalue weighted by Crippen LogP contribution is -2.26. The zero-order valence-electron chi connectivity index (χ0n) is 8.87. The molecule has 1 heterocycles. The monoisotopic (exact) mass is 253 g/mol. The quantitative estimate of drug-likeness (QED) is 0.649. The number of ketones is 1. The standard InChI is InChI=1S/C12H12ClNOS/c1-12(4-5-16-7-12)11(15)9-3-2-8(14)6-10(9)13/h2-6H,7,14H2,1H3. The first-order chi connectivity index (χ1) is 7.53. The van der Waals surface area contributed by atoms with Crippen LogP contribution < -0.4 is 5.73 Å². The minimum atomic E-state index is -0.440. The highest BCUT2D eigenvalue weighted by atomic mass is 35.5. The summed E-state index contributed by atoms with van der Waals surface area (Å²) in [6, 6.07) is 5.01. The van der Waals surface area contributed by atoms with Crippen LogP contribution in [0.25, 0.3) is 0 Å². The van der Waals surface area contributed by atoms with E-state index < -0.39 is 5.41 Å². The van der Waals surface area contributed by atoms with Gasteiger partial charge in [0.05, 0.1) is 10.4 Å². The molecular weight excluding hydrogens is 242 g/mol. The second-order valence-corrected chi connectivity index (χ2v) is 5.40. The Labute approximate surface area is 104 Å². The summed E-state index contributed by atoms with van der Waals surface area (Å²) in [6.07, 6.45) is 1.94. The zero-order valence-corrected chi connectivity index (χ0v) is 10.4. The second kappa shape index (κ2) is 4.15. The molecule has 1 unspecified atom stereocenters. The minimum Gasteiger partial charge on any atom is -0.399 e. The SMILES string of the molecule is CC1(C(=O)c2ccc(N)cc2Cl)C=CSC1. The van der Waals surface area contributed by atoms with Crippen LogP contribution in [0.2, 0.25) is 5.02 Å². The second-order valence-electron chi connectivity index (χ2n) is 4.10. The van der Waals surface area contributed by atoms with Crippen LogP contribution in [0.15, 0.2) is 29.7 Å². The highest BCUT2D eigenvalue weighted by molar-refractivity contribution is 8.02. The molecule has 1 aromatic carbocycles. The van der Waals surface area contributed by atoms with Crippen molar-refractivity contribution >= 4 is 34.8 Å². The van der Waals surface area contributed by atoms with E-state index in [1.807, 2.05) is 18.4 Å². The van der Waals surface area contributed by atoms with Gasteiger partial charge in [-0.05, 0) is 30.5 Å². The average molecular weight is 254 g/mol. The number of carbonyl (C=O) groups excluding carboxylic acids is 1. The van der Waals surface area contributed by atoms with Crippen LogP contribution in [0.3, 0.4) is 0 Å². The van der Waals surface area contributed by atoms with Crippen molar-refractivity contribution in [3.63, 3.8) is 0 Å². The van der Waals surface area contributed by atoms with E-state index >= 15 is 0 Å². The first-order valence-corrected chi connectivity index (χ1v) is 6.35. The summed E-state index contributed by atoms with van der Waals surface area (Å²) in [5.41, 5.74) is 6.28. The molecule has 0 bridgehead atoms. The normalized spacial score (nSPS) is 23.6. The molecule has 16 heavy (non-hydrogen) atoms. The number of halogens is 1.